The Bertz CT molecular complexity index is 388. The number of fused-ring (bicyclic) bond motifs is 2. The molecule has 8 atom stereocenters. The molecular formula is C15H24O5. The highest BCUT2D eigenvalue weighted by Crippen LogP contribution is 2.59. The van der Waals surface area contributed by atoms with Crippen LogP contribution in [0.25, 0.3) is 0 Å². The lowest BCUT2D eigenvalue weighted by molar-refractivity contribution is -0.551. The highest BCUT2D eigenvalue weighted by Gasteiger charge is 2.67. The molecule has 3 unspecified atom stereocenters. The maximum atomic E-state index is 10.3. The number of ether oxygens (including phenoxy) is 2. The largest absolute Gasteiger partial charge is 0.368 e. The number of hydrogen-bond acceptors (Lipinski definition) is 5. The zero-order valence-electron chi connectivity index (χ0n) is 12.2. The molecule has 4 aliphatic heterocycles. The summed E-state index contributed by atoms with van der Waals surface area (Å²) in [4.78, 5) is 11.4. The molecule has 20 heavy (non-hydrogen) atoms. The minimum absolute atomic E-state index is 0.100. The molecule has 0 aromatic carbocycles. The first-order chi connectivity index (χ1) is 9.66. The highest BCUT2D eigenvalue weighted by molar-refractivity contribution is 5.08. The van der Waals surface area contributed by atoms with Crippen LogP contribution in [-0.4, -0.2) is 29.6 Å². The monoisotopic (exact) mass is 284 g/mol. The summed E-state index contributed by atoms with van der Waals surface area (Å²) in [5, 5.41) is 10.3. The van der Waals surface area contributed by atoms with Gasteiger partial charge in [0.15, 0.2) is 24.5 Å². The molecular weight excluding hydrogens is 260 g/mol. The van der Waals surface area contributed by atoms with Crippen molar-refractivity contribution in [3.63, 3.8) is 0 Å². The van der Waals surface area contributed by atoms with Gasteiger partial charge in [0, 0.05) is 18.3 Å². The van der Waals surface area contributed by atoms with Gasteiger partial charge in [0.25, 0.3) is 0 Å². The molecule has 1 saturated carbocycles. The van der Waals surface area contributed by atoms with Crippen LogP contribution >= 0.6 is 0 Å². The molecule has 114 valence electrons. The normalized spacial score (nSPS) is 58.0. The molecule has 0 amide bonds. The van der Waals surface area contributed by atoms with Gasteiger partial charge in [-0.2, -0.15) is 0 Å². The van der Waals surface area contributed by atoms with Gasteiger partial charge in [-0.05, 0) is 37.5 Å². The van der Waals surface area contributed by atoms with Crippen LogP contribution in [0.4, 0.5) is 0 Å². The SMILES string of the molecule is CCC1C(O)O[C@@H]2O[C@H]3CCC4[C@H](C)CC[C@@H]1[C@]42OO3. The summed E-state index contributed by atoms with van der Waals surface area (Å²) in [5.41, 5.74) is -0.523. The van der Waals surface area contributed by atoms with Crippen molar-refractivity contribution in [1.82, 2.24) is 0 Å². The zero-order valence-corrected chi connectivity index (χ0v) is 12.2. The van der Waals surface area contributed by atoms with E-state index in [0.29, 0.717) is 11.8 Å². The average molecular weight is 284 g/mol. The summed E-state index contributed by atoms with van der Waals surface area (Å²) >= 11 is 0. The van der Waals surface area contributed by atoms with Crippen LogP contribution in [0, 0.1) is 23.7 Å². The van der Waals surface area contributed by atoms with Crippen LogP contribution in [0.15, 0.2) is 0 Å². The second-order valence-corrected chi connectivity index (χ2v) is 6.87. The number of hydrogen-bond donors (Lipinski definition) is 1. The van der Waals surface area contributed by atoms with E-state index in [0.717, 1.165) is 25.7 Å². The van der Waals surface area contributed by atoms with Crippen molar-refractivity contribution in [3.8, 4) is 0 Å². The van der Waals surface area contributed by atoms with Gasteiger partial charge in [0.2, 0.25) is 0 Å². The lowest BCUT2D eigenvalue weighted by atomic mass is 9.57. The Morgan fingerprint density at radius 2 is 1.90 bits per heavy atom. The summed E-state index contributed by atoms with van der Waals surface area (Å²) in [6.07, 6.45) is 3.41. The summed E-state index contributed by atoms with van der Waals surface area (Å²) in [6, 6.07) is 0. The third kappa shape index (κ3) is 1.61. The van der Waals surface area contributed by atoms with Crippen molar-refractivity contribution in [2.45, 2.75) is 70.4 Å². The maximum absolute atomic E-state index is 10.3. The van der Waals surface area contributed by atoms with Gasteiger partial charge in [-0.15, -0.1) is 0 Å². The van der Waals surface area contributed by atoms with E-state index in [1.165, 1.54) is 6.42 Å². The first-order valence-electron chi connectivity index (χ1n) is 8.00. The standard InChI is InChI=1S/C15H24O5/c1-3-9-11-5-4-8(2)10-6-7-12-17-14(18-13(9)16)15(10,11)20-19-12/h8-14,16H,3-7H2,1-2H3/t8-,9?,10?,11+,12-,13?,14+,15-/m1/s1. The Hall–Kier alpha value is -0.200. The predicted octanol–water partition coefficient (Wildman–Crippen LogP) is 2.19. The van der Waals surface area contributed by atoms with Crippen LogP contribution in [0.5, 0.6) is 0 Å². The fraction of sp³-hybridized carbons (Fsp3) is 1.00. The summed E-state index contributed by atoms with van der Waals surface area (Å²) in [5.74, 6) is 1.32. The van der Waals surface area contributed by atoms with Gasteiger partial charge in [-0.1, -0.05) is 13.8 Å². The van der Waals surface area contributed by atoms with Crippen LogP contribution in [0.1, 0.15) is 46.0 Å². The topological polar surface area (TPSA) is 57.2 Å². The summed E-state index contributed by atoms with van der Waals surface area (Å²) in [7, 11) is 0. The van der Waals surface area contributed by atoms with E-state index in [1.807, 2.05) is 0 Å². The molecule has 0 radical (unpaired) electrons. The quantitative estimate of drug-likeness (QED) is 0.748. The fourth-order valence-electron chi connectivity index (χ4n) is 5.05. The van der Waals surface area contributed by atoms with Crippen molar-refractivity contribution in [1.29, 1.82) is 0 Å². The van der Waals surface area contributed by atoms with Gasteiger partial charge in [-0.3, -0.25) is 0 Å². The maximum Gasteiger partial charge on any atom is 0.196 e. The Morgan fingerprint density at radius 3 is 2.70 bits per heavy atom. The van der Waals surface area contributed by atoms with Crippen molar-refractivity contribution < 1.29 is 24.4 Å². The molecule has 1 spiro atoms. The number of aliphatic hydroxyl groups is 1. The lowest BCUT2D eigenvalue weighted by Gasteiger charge is -2.59. The first kappa shape index (κ1) is 13.5. The Kier molecular flexibility index (Phi) is 3.13. The smallest absolute Gasteiger partial charge is 0.196 e. The van der Waals surface area contributed by atoms with E-state index in [-0.39, 0.29) is 18.1 Å². The van der Waals surface area contributed by atoms with E-state index in [4.69, 9.17) is 19.2 Å². The Balaban J connectivity index is 1.79. The third-order valence-corrected chi connectivity index (χ3v) is 6.05. The summed E-state index contributed by atoms with van der Waals surface area (Å²) in [6.45, 7) is 4.39. The van der Waals surface area contributed by atoms with Crippen molar-refractivity contribution >= 4 is 0 Å². The molecule has 5 nitrogen and oxygen atoms in total. The molecule has 4 heterocycles. The third-order valence-electron chi connectivity index (χ3n) is 6.05. The van der Waals surface area contributed by atoms with Crippen molar-refractivity contribution in [3.05, 3.63) is 0 Å². The molecule has 4 saturated heterocycles. The van der Waals surface area contributed by atoms with Crippen LogP contribution in [0.3, 0.4) is 0 Å². The Labute approximate surface area is 119 Å². The van der Waals surface area contributed by atoms with Gasteiger partial charge < -0.3 is 14.6 Å². The number of aliphatic hydroxyl groups excluding tert-OH is 1. The van der Waals surface area contributed by atoms with E-state index < -0.39 is 18.2 Å². The minimum atomic E-state index is -0.752. The lowest BCUT2D eigenvalue weighted by Crippen LogP contribution is -2.69. The van der Waals surface area contributed by atoms with Gasteiger partial charge in [0.1, 0.15) is 0 Å². The van der Waals surface area contributed by atoms with Crippen LogP contribution in [0.2, 0.25) is 0 Å². The predicted molar refractivity (Wildman–Crippen MR) is 69.0 cm³/mol. The second kappa shape index (κ2) is 4.65. The molecule has 1 aliphatic carbocycles. The minimum Gasteiger partial charge on any atom is -0.368 e. The highest BCUT2D eigenvalue weighted by atomic mass is 17.2. The molecule has 1 N–H and O–H groups in total. The molecule has 0 aromatic rings. The second-order valence-electron chi connectivity index (χ2n) is 6.87. The van der Waals surface area contributed by atoms with Crippen molar-refractivity contribution in [2.24, 2.45) is 23.7 Å². The molecule has 2 bridgehead atoms. The van der Waals surface area contributed by atoms with Gasteiger partial charge in [0.05, 0.1) is 0 Å². The molecule has 5 rings (SSSR count). The average Bonchev–Trinajstić information content (AvgIpc) is 2.72. The molecule has 5 heteroatoms. The summed E-state index contributed by atoms with van der Waals surface area (Å²) < 4.78 is 11.7. The Morgan fingerprint density at radius 1 is 1.10 bits per heavy atom. The van der Waals surface area contributed by atoms with Crippen molar-refractivity contribution in [2.75, 3.05) is 0 Å². The van der Waals surface area contributed by atoms with Crippen LogP contribution < -0.4 is 0 Å². The van der Waals surface area contributed by atoms with E-state index in [2.05, 4.69) is 13.8 Å². The first-order valence-corrected chi connectivity index (χ1v) is 8.00. The number of rotatable bonds is 1. The van der Waals surface area contributed by atoms with E-state index >= 15 is 0 Å². The van der Waals surface area contributed by atoms with Gasteiger partial charge in [-0.25, -0.2) is 9.78 Å². The van der Waals surface area contributed by atoms with E-state index in [1.54, 1.807) is 0 Å². The zero-order chi connectivity index (χ0) is 13.9. The van der Waals surface area contributed by atoms with Gasteiger partial charge >= 0.3 is 0 Å². The molecule has 5 aliphatic rings. The molecule has 0 aromatic heterocycles. The van der Waals surface area contributed by atoms with Crippen LogP contribution in [-0.2, 0) is 19.2 Å². The van der Waals surface area contributed by atoms with E-state index in [9.17, 15) is 5.11 Å². The fourth-order valence-corrected chi connectivity index (χ4v) is 5.05. The molecule has 5 fully saturated rings.